The van der Waals surface area contributed by atoms with E-state index < -0.39 is 6.29 Å². The highest BCUT2D eigenvalue weighted by Gasteiger charge is 2.43. The van der Waals surface area contributed by atoms with E-state index in [0.29, 0.717) is 30.4 Å². The fourth-order valence-electron chi connectivity index (χ4n) is 3.69. The van der Waals surface area contributed by atoms with Gasteiger partial charge in [0.25, 0.3) is 0 Å². The minimum atomic E-state index is -3.66. The second kappa shape index (κ2) is 6.91. The third kappa shape index (κ3) is 3.16. The lowest BCUT2D eigenvalue weighted by molar-refractivity contribution is -0.286. The third-order valence-corrected chi connectivity index (χ3v) is 5.09. The van der Waals surface area contributed by atoms with Crippen molar-refractivity contribution < 1.29 is 27.7 Å². The van der Waals surface area contributed by atoms with Crippen molar-refractivity contribution in [3.05, 3.63) is 72.7 Å². The largest absolute Gasteiger partial charge is 0.586 e. The van der Waals surface area contributed by atoms with Crippen LogP contribution in [0.1, 0.15) is 5.69 Å². The average Bonchev–Trinajstić information content (AvgIpc) is 3.41. The number of hydrazine groups is 1. The lowest BCUT2D eigenvalue weighted by Crippen LogP contribution is -2.34. The quantitative estimate of drug-likeness (QED) is 0.666. The van der Waals surface area contributed by atoms with E-state index in [1.54, 1.807) is 28.2 Å². The van der Waals surface area contributed by atoms with Crippen LogP contribution in [0, 0.1) is 0 Å². The second-order valence-electron chi connectivity index (χ2n) is 7.16. The van der Waals surface area contributed by atoms with Crippen molar-refractivity contribution in [1.29, 1.82) is 0 Å². The maximum Gasteiger partial charge on any atom is 0.586 e. The van der Waals surface area contributed by atoms with E-state index in [-0.39, 0.29) is 11.5 Å². The molecule has 0 spiro atoms. The summed E-state index contributed by atoms with van der Waals surface area (Å²) in [7, 11) is 0. The first-order valence-corrected chi connectivity index (χ1v) is 9.84. The van der Waals surface area contributed by atoms with Gasteiger partial charge in [-0.1, -0.05) is 0 Å². The van der Waals surface area contributed by atoms with Crippen molar-refractivity contribution in [1.82, 2.24) is 15.2 Å². The number of rotatable bonds is 3. The van der Waals surface area contributed by atoms with Gasteiger partial charge in [-0.3, -0.25) is 10.4 Å². The molecule has 0 bridgehead atoms. The molecule has 0 saturated heterocycles. The third-order valence-electron chi connectivity index (χ3n) is 5.09. The summed E-state index contributed by atoms with van der Waals surface area (Å²) in [5.41, 5.74) is 6.21. The Morgan fingerprint density at radius 2 is 1.62 bits per heavy atom. The van der Waals surface area contributed by atoms with Gasteiger partial charge in [-0.25, -0.2) is 4.68 Å². The number of hydrogen-bond acceptors (Lipinski definition) is 7. The Morgan fingerprint density at radius 1 is 0.875 bits per heavy atom. The molecule has 2 aromatic carbocycles. The van der Waals surface area contributed by atoms with Gasteiger partial charge in [-0.15, -0.1) is 8.78 Å². The van der Waals surface area contributed by atoms with E-state index >= 15 is 0 Å². The maximum atomic E-state index is 13.3. The maximum absolute atomic E-state index is 13.3. The van der Waals surface area contributed by atoms with Gasteiger partial charge >= 0.3 is 6.29 Å². The fraction of sp³-hybridized carbons (Fsp3) is 0.136. The Labute approximate surface area is 180 Å². The summed E-state index contributed by atoms with van der Waals surface area (Å²) >= 11 is 0. The van der Waals surface area contributed by atoms with Crippen molar-refractivity contribution in [3.8, 4) is 28.7 Å². The highest BCUT2D eigenvalue weighted by Crippen LogP contribution is 2.43. The van der Waals surface area contributed by atoms with E-state index in [4.69, 9.17) is 9.47 Å². The standard InChI is InChI=1S/C22H16F2N4O4/c23-22(24)31-19-6-3-14(12-21(19)32-22)27-9-1-2-16(26-27)17-7-8-25-28(17)15-4-5-18-20(13-15)30-11-10-29-18/h1-9,12-13,26H,10-11H2. The molecule has 162 valence electrons. The molecule has 10 heteroatoms. The van der Waals surface area contributed by atoms with Crippen molar-refractivity contribution in [2.45, 2.75) is 6.29 Å². The van der Waals surface area contributed by atoms with Crippen LogP contribution in [0.2, 0.25) is 0 Å². The normalized spacial score (nSPS) is 17.7. The number of ether oxygens (including phenoxy) is 4. The Kier molecular flexibility index (Phi) is 4.00. The molecule has 4 heterocycles. The predicted octanol–water partition coefficient (Wildman–Crippen LogP) is 3.84. The number of fused-ring (bicyclic) bond motifs is 2. The fourth-order valence-corrected chi connectivity index (χ4v) is 3.69. The first kappa shape index (κ1) is 18.6. The Morgan fingerprint density at radius 3 is 2.53 bits per heavy atom. The zero-order valence-electron chi connectivity index (χ0n) is 16.5. The topological polar surface area (TPSA) is 70.0 Å². The predicted molar refractivity (Wildman–Crippen MR) is 110 cm³/mol. The van der Waals surface area contributed by atoms with E-state index in [1.807, 2.05) is 36.4 Å². The van der Waals surface area contributed by atoms with E-state index in [9.17, 15) is 8.78 Å². The van der Waals surface area contributed by atoms with Crippen LogP contribution < -0.4 is 29.4 Å². The molecule has 32 heavy (non-hydrogen) atoms. The first-order valence-electron chi connectivity index (χ1n) is 9.84. The summed E-state index contributed by atoms with van der Waals surface area (Å²) in [6.45, 7) is 1.02. The molecule has 0 aliphatic carbocycles. The summed E-state index contributed by atoms with van der Waals surface area (Å²) in [4.78, 5) is 0. The minimum absolute atomic E-state index is 0.00723. The molecule has 0 atom stereocenters. The summed E-state index contributed by atoms with van der Waals surface area (Å²) in [5.74, 6) is 1.33. The molecule has 0 amide bonds. The molecule has 8 nitrogen and oxygen atoms in total. The second-order valence-corrected chi connectivity index (χ2v) is 7.16. The zero-order chi connectivity index (χ0) is 21.7. The van der Waals surface area contributed by atoms with Crippen LogP contribution in [0.5, 0.6) is 23.0 Å². The van der Waals surface area contributed by atoms with Gasteiger partial charge < -0.3 is 18.9 Å². The molecule has 0 unspecified atom stereocenters. The number of nitrogens with zero attached hydrogens (tertiary/aromatic N) is 3. The summed E-state index contributed by atoms with van der Waals surface area (Å²) < 4.78 is 48.8. The molecule has 3 aromatic rings. The van der Waals surface area contributed by atoms with Crippen LogP contribution >= 0.6 is 0 Å². The number of nitrogens with one attached hydrogen (secondary N) is 1. The number of hydrogen-bond donors (Lipinski definition) is 1. The molecule has 6 rings (SSSR count). The number of anilines is 1. The molecular formula is C22H16F2N4O4. The van der Waals surface area contributed by atoms with E-state index in [2.05, 4.69) is 20.0 Å². The van der Waals surface area contributed by atoms with Gasteiger partial charge in [0.15, 0.2) is 23.0 Å². The minimum Gasteiger partial charge on any atom is -0.486 e. The summed E-state index contributed by atoms with van der Waals surface area (Å²) in [6.07, 6.45) is 3.53. The number of aromatic nitrogens is 2. The average molecular weight is 438 g/mol. The van der Waals surface area contributed by atoms with Crippen molar-refractivity contribution in [2.75, 3.05) is 18.2 Å². The van der Waals surface area contributed by atoms with Crippen LogP contribution in [0.4, 0.5) is 14.5 Å². The number of allylic oxidation sites excluding steroid dienone is 2. The number of benzene rings is 2. The monoisotopic (exact) mass is 438 g/mol. The molecule has 0 saturated carbocycles. The van der Waals surface area contributed by atoms with Gasteiger partial charge in [-0.2, -0.15) is 5.10 Å². The number of halogens is 2. The lowest BCUT2D eigenvalue weighted by Gasteiger charge is -2.27. The molecule has 1 N–H and O–H groups in total. The lowest BCUT2D eigenvalue weighted by atomic mass is 10.2. The van der Waals surface area contributed by atoms with Gasteiger partial charge in [0, 0.05) is 18.3 Å². The van der Waals surface area contributed by atoms with Gasteiger partial charge in [0.1, 0.15) is 13.2 Å². The molecule has 0 fully saturated rings. The zero-order valence-corrected chi connectivity index (χ0v) is 16.5. The van der Waals surface area contributed by atoms with Crippen molar-refractivity contribution >= 4 is 11.4 Å². The van der Waals surface area contributed by atoms with Crippen molar-refractivity contribution in [2.24, 2.45) is 0 Å². The highest BCUT2D eigenvalue weighted by atomic mass is 19.3. The summed E-state index contributed by atoms with van der Waals surface area (Å²) in [5, 5.41) is 6.14. The van der Waals surface area contributed by atoms with E-state index in [1.165, 1.54) is 12.1 Å². The Hall–Kier alpha value is -4.21. The van der Waals surface area contributed by atoms with Gasteiger partial charge in [0.2, 0.25) is 0 Å². The molecular weight excluding hydrogens is 422 g/mol. The molecule has 3 aliphatic rings. The Bertz CT molecular complexity index is 1270. The highest BCUT2D eigenvalue weighted by molar-refractivity contribution is 5.70. The summed E-state index contributed by atoms with van der Waals surface area (Å²) in [6, 6.07) is 12.1. The van der Waals surface area contributed by atoms with Crippen molar-refractivity contribution in [3.63, 3.8) is 0 Å². The molecule has 3 aliphatic heterocycles. The SMILES string of the molecule is FC1(F)Oc2ccc(N3C=CC=C(c4ccnn4-c4ccc5c(c4)OCCO5)N3)cc2O1. The molecule has 0 radical (unpaired) electrons. The Balaban J connectivity index is 1.28. The van der Waals surface area contributed by atoms with E-state index in [0.717, 1.165) is 17.1 Å². The number of alkyl halides is 2. The van der Waals surface area contributed by atoms with Gasteiger partial charge in [-0.05, 0) is 42.5 Å². The molecule has 1 aromatic heterocycles. The first-order chi connectivity index (χ1) is 15.6. The van der Waals surface area contributed by atoms with Gasteiger partial charge in [0.05, 0.1) is 29.0 Å². The smallest absolute Gasteiger partial charge is 0.486 e. The van der Waals surface area contributed by atoms with Crippen LogP contribution in [0.3, 0.4) is 0 Å². The van der Waals surface area contributed by atoms with Crippen LogP contribution in [-0.2, 0) is 0 Å². The van der Waals surface area contributed by atoms with Crippen LogP contribution in [-0.4, -0.2) is 29.3 Å². The van der Waals surface area contributed by atoms with Crippen LogP contribution in [0.25, 0.3) is 11.4 Å². The van der Waals surface area contributed by atoms with Crippen LogP contribution in [0.15, 0.2) is 67.0 Å².